The number of unbranched alkanes of at least 4 members (excludes halogenated alkanes) is 2. The van der Waals surface area contributed by atoms with Gasteiger partial charge >= 0.3 is 0 Å². The smallest absolute Gasteiger partial charge is 0.129 e. The number of Topliss-reactive ketones (excluding diaryl/α,β-unsaturated/α-hetero) is 1. The Labute approximate surface area is 81.6 Å². The Bertz CT molecular complexity index is 130. The van der Waals surface area contributed by atoms with E-state index in [-0.39, 0.29) is 12.4 Å². The van der Waals surface area contributed by atoms with Crippen molar-refractivity contribution in [2.75, 3.05) is 0 Å². The summed E-state index contributed by atoms with van der Waals surface area (Å²) < 4.78 is 0. The maximum atomic E-state index is 10.5. The van der Waals surface area contributed by atoms with Crippen LogP contribution in [0.25, 0.3) is 0 Å². The van der Waals surface area contributed by atoms with Gasteiger partial charge in [0.05, 0.1) is 0 Å². The molecule has 0 aromatic rings. The van der Waals surface area contributed by atoms with E-state index >= 15 is 0 Å². The molecule has 0 radical (unpaired) electrons. The van der Waals surface area contributed by atoms with Crippen LogP contribution in [0.15, 0.2) is 12.2 Å². The van der Waals surface area contributed by atoms with Gasteiger partial charge in [0, 0.05) is 6.42 Å². The van der Waals surface area contributed by atoms with Crippen LogP contribution in [0.2, 0.25) is 0 Å². The van der Waals surface area contributed by atoms with Crippen LogP contribution in [-0.2, 0) is 4.79 Å². The molecule has 0 aromatic carbocycles. The number of hydrogen-bond donors (Lipinski definition) is 0. The summed E-state index contributed by atoms with van der Waals surface area (Å²) >= 11 is 0. The summed E-state index contributed by atoms with van der Waals surface area (Å²) in [6.07, 6.45) is 9.56. The van der Waals surface area contributed by atoms with E-state index in [1.165, 1.54) is 0 Å². The molecule has 0 rings (SSSR count). The van der Waals surface area contributed by atoms with Gasteiger partial charge in [-0.15, -0.1) is 12.4 Å². The molecule has 0 aromatic heterocycles. The second-order valence-electron chi connectivity index (χ2n) is 2.83. The average molecular weight is 191 g/mol. The van der Waals surface area contributed by atoms with Crippen LogP contribution in [-0.4, -0.2) is 5.78 Å². The minimum absolute atomic E-state index is 0. The van der Waals surface area contributed by atoms with Crippen molar-refractivity contribution in [3.05, 3.63) is 12.2 Å². The standard InChI is InChI=1S/C10H18O.ClH/c1-3-4-5-6-7-8-9-10(2)11;/h4-5H,3,6-9H2,1-2H3;1H. The first-order valence-corrected chi connectivity index (χ1v) is 4.41. The van der Waals surface area contributed by atoms with Gasteiger partial charge in [-0.3, -0.25) is 0 Å². The first-order chi connectivity index (χ1) is 5.27. The number of carbonyl (C=O) groups excluding carboxylic acids is 1. The maximum absolute atomic E-state index is 10.5. The summed E-state index contributed by atoms with van der Waals surface area (Å²) in [5, 5.41) is 0. The van der Waals surface area contributed by atoms with Gasteiger partial charge in [0.2, 0.25) is 0 Å². The molecule has 0 atom stereocenters. The van der Waals surface area contributed by atoms with Crippen molar-refractivity contribution >= 4 is 18.2 Å². The molecule has 0 saturated heterocycles. The third kappa shape index (κ3) is 12.4. The molecule has 0 fully saturated rings. The molecule has 0 amide bonds. The molecule has 0 heterocycles. The Hall–Kier alpha value is -0.300. The van der Waals surface area contributed by atoms with Crippen molar-refractivity contribution in [2.45, 2.75) is 46.0 Å². The van der Waals surface area contributed by atoms with Crippen LogP contribution in [0, 0.1) is 0 Å². The van der Waals surface area contributed by atoms with Gasteiger partial charge in [0.25, 0.3) is 0 Å². The average Bonchev–Trinajstić information content (AvgIpc) is 1.96. The van der Waals surface area contributed by atoms with Crippen LogP contribution < -0.4 is 0 Å². The topological polar surface area (TPSA) is 17.1 Å². The van der Waals surface area contributed by atoms with Gasteiger partial charge in [-0.05, 0) is 32.6 Å². The lowest BCUT2D eigenvalue weighted by atomic mass is 10.1. The van der Waals surface area contributed by atoms with Crippen LogP contribution in [0.3, 0.4) is 0 Å². The zero-order chi connectivity index (χ0) is 8.53. The highest BCUT2D eigenvalue weighted by molar-refractivity contribution is 5.85. The van der Waals surface area contributed by atoms with Gasteiger partial charge in [-0.2, -0.15) is 0 Å². The van der Waals surface area contributed by atoms with Crippen LogP contribution >= 0.6 is 12.4 Å². The van der Waals surface area contributed by atoms with E-state index in [1.54, 1.807) is 6.92 Å². The van der Waals surface area contributed by atoms with Crippen LogP contribution in [0.5, 0.6) is 0 Å². The Morgan fingerprint density at radius 3 is 2.42 bits per heavy atom. The predicted octanol–water partition coefficient (Wildman–Crippen LogP) is 3.52. The minimum atomic E-state index is 0. The van der Waals surface area contributed by atoms with Crippen molar-refractivity contribution in [3.63, 3.8) is 0 Å². The molecule has 0 unspecified atom stereocenters. The Kier molecular flexibility index (Phi) is 12.7. The fourth-order valence-electron chi connectivity index (χ4n) is 0.921. The molecule has 1 nitrogen and oxygen atoms in total. The number of carbonyl (C=O) groups is 1. The normalized spacial score (nSPS) is 9.83. The van der Waals surface area contributed by atoms with Gasteiger partial charge in [-0.1, -0.05) is 19.1 Å². The van der Waals surface area contributed by atoms with Crippen molar-refractivity contribution in [3.8, 4) is 0 Å². The molecule has 72 valence electrons. The summed E-state index contributed by atoms with van der Waals surface area (Å²) in [6.45, 7) is 3.79. The highest BCUT2D eigenvalue weighted by Crippen LogP contribution is 2.01. The van der Waals surface area contributed by atoms with Crippen LogP contribution in [0.1, 0.15) is 46.0 Å². The van der Waals surface area contributed by atoms with Gasteiger partial charge < -0.3 is 4.79 Å². The lowest BCUT2D eigenvalue weighted by Crippen LogP contribution is -1.88. The predicted molar refractivity (Wildman–Crippen MR) is 55.8 cm³/mol. The summed E-state index contributed by atoms with van der Waals surface area (Å²) in [7, 11) is 0. The summed E-state index contributed by atoms with van der Waals surface area (Å²) in [5.74, 6) is 0.310. The zero-order valence-electron chi connectivity index (χ0n) is 8.01. The molecule has 0 bridgehead atoms. The van der Waals surface area contributed by atoms with E-state index in [0.29, 0.717) is 5.78 Å². The number of halogens is 1. The molecule has 0 saturated carbocycles. The lowest BCUT2D eigenvalue weighted by Gasteiger charge is -1.92. The Morgan fingerprint density at radius 1 is 1.25 bits per heavy atom. The van der Waals surface area contributed by atoms with E-state index in [1.807, 2.05) is 0 Å². The van der Waals surface area contributed by atoms with E-state index < -0.39 is 0 Å². The van der Waals surface area contributed by atoms with E-state index in [2.05, 4.69) is 19.1 Å². The summed E-state index contributed by atoms with van der Waals surface area (Å²) in [4.78, 5) is 10.5. The van der Waals surface area contributed by atoms with Crippen molar-refractivity contribution < 1.29 is 4.79 Å². The molecule has 0 aliphatic carbocycles. The van der Waals surface area contributed by atoms with E-state index in [0.717, 1.165) is 32.1 Å². The first-order valence-electron chi connectivity index (χ1n) is 4.41. The van der Waals surface area contributed by atoms with E-state index in [9.17, 15) is 4.79 Å². The van der Waals surface area contributed by atoms with Crippen molar-refractivity contribution in [1.29, 1.82) is 0 Å². The molecule has 12 heavy (non-hydrogen) atoms. The first kappa shape index (κ1) is 14.2. The number of ketones is 1. The largest absolute Gasteiger partial charge is 0.300 e. The Balaban J connectivity index is 0. The highest BCUT2D eigenvalue weighted by atomic mass is 35.5. The summed E-state index contributed by atoms with van der Waals surface area (Å²) in [6, 6.07) is 0. The second kappa shape index (κ2) is 10.7. The fourth-order valence-corrected chi connectivity index (χ4v) is 0.921. The molecule has 0 aliphatic rings. The molecule has 0 N–H and O–H groups in total. The summed E-state index contributed by atoms with van der Waals surface area (Å²) in [5.41, 5.74) is 0. The number of allylic oxidation sites excluding steroid dienone is 2. The highest BCUT2D eigenvalue weighted by Gasteiger charge is 1.90. The molecule has 0 spiro atoms. The fraction of sp³-hybridized carbons (Fsp3) is 0.700. The van der Waals surface area contributed by atoms with Gasteiger partial charge in [0.1, 0.15) is 5.78 Å². The lowest BCUT2D eigenvalue weighted by molar-refractivity contribution is -0.117. The second-order valence-corrected chi connectivity index (χ2v) is 2.83. The molecule has 0 aliphatic heterocycles. The third-order valence-corrected chi connectivity index (χ3v) is 1.55. The molecular formula is C10H19ClO. The van der Waals surface area contributed by atoms with Crippen molar-refractivity contribution in [1.82, 2.24) is 0 Å². The van der Waals surface area contributed by atoms with Crippen molar-refractivity contribution in [2.24, 2.45) is 0 Å². The third-order valence-electron chi connectivity index (χ3n) is 1.55. The van der Waals surface area contributed by atoms with Gasteiger partial charge in [-0.25, -0.2) is 0 Å². The maximum Gasteiger partial charge on any atom is 0.129 e. The molecular weight excluding hydrogens is 172 g/mol. The minimum Gasteiger partial charge on any atom is -0.300 e. The SMILES string of the molecule is CCC=CCCCCC(C)=O.Cl. The Morgan fingerprint density at radius 2 is 1.92 bits per heavy atom. The van der Waals surface area contributed by atoms with E-state index in [4.69, 9.17) is 0 Å². The van der Waals surface area contributed by atoms with Crippen LogP contribution in [0.4, 0.5) is 0 Å². The zero-order valence-corrected chi connectivity index (χ0v) is 8.82. The number of hydrogen-bond acceptors (Lipinski definition) is 1. The number of rotatable bonds is 6. The molecule has 2 heteroatoms. The van der Waals surface area contributed by atoms with Gasteiger partial charge in [0.15, 0.2) is 0 Å². The monoisotopic (exact) mass is 190 g/mol. The quantitative estimate of drug-likeness (QED) is 0.463.